The highest BCUT2D eigenvalue weighted by Gasteiger charge is 2.44. The Morgan fingerprint density at radius 2 is 1.83 bits per heavy atom. The minimum Gasteiger partial charge on any atom is -0.497 e. The lowest BCUT2D eigenvalue weighted by molar-refractivity contribution is -0.163. The quantitative estimate of drug-likeness (QED) is 0.477. The maximum Gasteiger partial charge on any atom is 0.335 e. The van der Waals surface area contributed by atoms with Crippen molar-refractivity contribution in [3.05, 3.63) is 59.7 Å². The van der Waals surface area contributed by atoms with Crippen molar-refractivity contribution in [3.8, 4) is 5.75 Å². The van der Waals surface area contributed by atoms with Crippen molar-refractivity contribution in [1.29, 1.82) is 0 Å². The molecule has 2 unspecified atom stereocenters. The van der Waals surface area contributed by atoms with E-state index < -0.39 is 40.9 Å². The molecule has 192 valence electrons. The van der Waals surface area contributed by atoms with Gasteiger partial charge in [0, 0.05) is 11.4 Å². The summed E-state index contributed by atoms with van der Waals surface area (Å²) in [5.41, 5.74) is 0.318. The van der Waals surface area contributed by atoms with Gasteiger partial charge < -0.3 is 30.1 Å². The molecule has 2 aromatic carbocycles. The molecule has 36 heavy (non-hydrogen) atoms. The number of carbonyl (C=O) groups is 4. The molecule has 0 saturated carbocycles. The zero-order valence-electron chi connectivity index (χ0n) is 20.4. The van der Waals surface area contributed by atoms with Crippen molar-refractivity contribution in [1.82, 2.24) is 10.2 Å². The summed E-state index contributed by atoms with van der Waals surface area (Å²) < 4.78 is 10.9. The van der Waals surface area contributed by atoms with Crippen LogP contribution in [0.5, 0.6) is 5.75 Å². The highest BCUT2D eigenvalue weighted by Crippen LogP contribution is 2.42. The van der Waals surface area contributed by atoms with Gasteiger partial charge in [-0.15, -0.1) is 11.8 Å². The fraction of sp³-hybridized carbons (Fsp3) is 0.360. The molecule has 11 heteroatoms. The van der Waals surface area contributed by atoms with Gasteiger partial charge in [0.25, 0.3) is 0 Å². The Bertz CT molecular complexity index is 1150. The zero-order chi connectivity index (χ0) is 26.5. The van der Waals surface area contributed by atoms with Gasteiger partial charge in [0.05, 0.1) is 19.2 Å². The second-order valence-electron chi connectivity index (χ2n) is 9.01. The van der Waals surface area contributed by atoms with Gasteiger partial charge >= 0.3 is 18.0 Å². The fourth-order valence-electron chi connectivity index (χ4n) is 3.57. The van der Waals surface area contributed by atoms with Crippen LogP contribution >= 0.6 is 11.8 Å². The van der Waals surface area contributed by atoms with Crippen molar-refractivity contribution in [3.63, 3.8) is 0 Å². The van der Waals surface area contributed by atoms with Crippen LogP contribution in [0.4, 0.5) is 10.5 Å². The Balaban J connectivity index is 1.75. The third kappa shape index (κ3) is 6.91. The molecule has 1 fully saturated rings. The lowest BCUT2D eigenvalue weighted by Gasteiger charge is -2.30. The first-order valence-electron chi connectivity index (χ1n) is 11.2. The first-order valence-corrected chi connectivity index (χ1v) is 12.2. The van der Waals surface area contributed by atoms with Crippen molar-refractivity contribution in [2.75, 3.05) is 24.7 Å². The van der Waals surface area contributed by atoms with Crippen molar-refractivity contribution >= 4 is 41.3 Å². The number of urea groups is 1. The number of benzene rings is 2. The van der Waals surface area contributed by atoms with Crippen LogP contribution in [0.25, 0.3) is 0 Å². The molecule has 3 N–H and O–H groups in total. The number of carboxylic acids is 1. The van der Waals surface area contributed by atoms with Gasteiger partial charge in [-0.25, -0.2) is 14.4 Å². The Hall–Kier alpha value is -3.73. The lowest BCUT2D eigenvalue weighted by atomic mass is 10.1. The van der Waals surface area contributed by atoms with Gasteiger partial charge in [-0.3, -0.25) is 4.79 Å². The number of aromatic carboxylic acids is 1. The molecule has 1 heterocycles. The minimum atomic E-state index is -1.13. The van der Waals surface area contributed by atoms with Crippen LogP contribution in [0.15, 0.2) is 48.5 Å². The number of amides is 3. The van der Waals surface area contributed by atoms with Gasteiger partial charge in [-0.05, 0) is 56.7 Å². The number of hydrogen-bond acceptors (Lipinski definition) is 7. The SMILES string of the molecule is COc1cccc(C2SCC(C(=O)OC(C)(C)C)N2C(=O)CNC(=O)Nc2cccc(C(=O)O)c2)c1. The number of anilines is 1. The average Bonchev–Trinajstić information content (AvgIpc) is 3.27. The van der Waals surface area contributed by atoms with E-state index in [1.807, 2.05) is 6.07 Å². The fourth-order valence-corrected chi connectivity index (χ4v) is 4.99. The van der Waals surface area contributed by atoms with Crippen LogP contribution in [0.1, 0.15) is 42.1 Å². The molecule has 3 amide bonds. The van der Waals surface area contributed by atoms with Crippen LogP contribution in [-0.4, -0.2) is 64.9 Å². The van der Waals surface area contributed by atoms with Crippen molar-refractivity contribution < 1.29 is 33.8 Å². The van der Waals surface area contributed by atoms with Crippen LogP contribution in [0.3, 0.4) is 0 Å². The number of rotatable bonds is 7. The van der Waals surface area contributed by atoms with Gasteiger partial charge in [0.2, 0.25) is 5.91 Å². The molecule has 1 aliphatic rings. The van der Waals surface area contributed by atoms with E-state index in [1.165, 1.54) is 40.9 Å². The van der Waals surface area contributed by atoms with Crippen LogP contribution in [-0.2, 0) is 14.3 Å². The Labute approximate surface area is 213 Å². The number of esters is 1. The summed E-state index contributed by atoms with van der Waals surface area (Å²) in [6, 6.07) is 11.4. The number of nitrogens with zero attached hydrogens (tertiary/aromatic N) is 1. The van der Waals surface area contributed by atoms with Gasteiger partial charge in [0.1, 0.15) is 22.8 Å². The molecule has 3 rings (SSSR count). The summed E-state index contributed by atoms with van der Waals surface area (Å²) in [6.45, 7) is 4.88. The molecule has 0 aromatic heterocycles. The van der Waals surface area contributed by atoms with E-state index in [4.69, 9.17) is 14.6 Å². The second-order valence-corrected chi connectivity index (χ2v) is 10.1. The number of hydrogen-bond donors (Lipinski definition) is 3. The molecule has 0 radical (unpaired) electrons. The molecular weight excluding hydrogens is 486 g/mol. The van der Waals surface area contributed by atoms with E-state index in [-0.39, 0.29) is 17.8 Å². The van der Waals surface area contributed by atoms with Gasteiger partial charge in [-0.2, -0.15) is 0 Å². The van der Waals surface area contributed by atoms with E-state index in [0.717, 1.165) is 5.56 Å². The Morgan fingerprint density at radius 3 is 2.50 bits per heavy atom. The van der Waals surface area contributed by atoms with Crippen molar-refractivity contribution in [2.45, 2.75) is 37.8 Å². The van der Waals surface area contributed by atoms with Crippen LogP contribution in [0.2, 0.25) is 0 Å². The van der Waals surface area contributed by atoms with Gasteiger partial charge in [-0.1, -0.05) is 18.2 Å². The number of methoxy groups -OCH3 is 1. The molecule has 1 saturated heterocycles. The van der Waals surface area contributed by atoms with E-state index in [0.29, 0.717) is 11.5 Å². The summed E-state index contributed by atoms with van der Waals surface area (Å²) in [7, 11) is 1.54. The Kier molecular flexibility index (Phi) is 8.46. The smallest absolute Gasteiger partial charge is 0.335 e. The monoisotopic (exact) mass is 515 g/mol. The van der Waals surface area contributed by atoms with Crippen molar-refractivity contribution in [2.24, 2.45) is 0 Å². The molecule has 0 spiro atoms. The number of thioether (sulfide) groups is 1. The molecular formula is C25H29N3O7S. The largest absolute Gasteiger partial charge is 0.497 e. The molecule has 0 aliphatic carbocycles. The average molecular weight is 516 g/mol. The molecule has 2 aromatic rings. The first kappa shape index (κ1) is 26.9. The predicted octanol–water partition coefficient (Wildman–Crippen LogP) is 3.50. The zero-order valence-corrected chi connectivity index (χ0v) is 21.3. The third-order valence-corrected chi connectivity index (χ3v) is 6.44. The highest BCUT2D eigenvalue weighted by molar-refractivity contribution is 7.99. The summed E-state index contributed by atoms with van der Waals surface area (Å²) in [5, 5.41) is 13.6. The third-order valence-electron chi connectivity index (χ3n) is 5.11. The molecule has 1 aliphatic heterocycles. The number of nitrogens with one attached hydrogen (secondary N) is 2. The van der Waals surface area contributed by atoms with Gasteiger partial charge in [0.15, 0.2) is 0 Å². The lowest BCUT2D eigenvalue weighted by Crippen LogP contribution is -2.49. The normalized spacial score (nSPS) is 17.3. The summed E-state index contributed by atoms with van der Waals surface area (Å²) in [4.78, 5) is 51.2. The van der Waals surface area contributed by atoms with Crippen LogP contribution < -0.4 is 15.4 Å². The molecule has 10 nitrogen and oxygen atoms in total. The summed E-state index contributed by atoms with van der Waals surface area (Å²) in [5.74, 6) is -1.18. The molecule has 2 atom stereocenters. The minimum absolute atomic E-state index is 0.0132. The Morgan fingerprint density at radius 1 is 1.11 bits per heavy atom. The topological polar surface area (TPSA) is 134 Å². The second kappa shape index (κ2) is 11.3. The van der Waals surface area contributed by atoms with Crippen LogP contribution in [0, 0.1) is 0 Å². The van der Waals surface area contributed by atoms with E-state index in [2.05, 4.69) is 10.6 Å². The summed E-state index contributed by atoms with van der Waals surface area (Å²) in [6.07, 6.45) is 0. The predicted molar refractivity (Wildman–Crippen MR) is 135 cm³/mol. The first-order chi connectivity index (χ1) is 17.0. The van der Waals surface area contributed by atoms with E-state index in [9.17, 15) is 19.2 Å². The number of carbonyl (C=O) groups excluding carboxylic acids is 3. The van der Waals surface area contributed by atoms with E-state index in [1.54, 1.807) is 46.1 Å². The maximum absolute atomic E-state index is 13.3. The highest BCUT2D eigenvalue weighted by atomic mass is 32.2. The number of ether oxygens (including phenoxy) is 2. The maximum atomic E-state index is 13.3. The number of carboxylic acid groups (broad SMARTS) is 1. The standard InChI is InChI=1S/C25H29N3O7S/c1-25(2,3)35-23(32)19-14-36-21(15-7-6-10-18(12-15)34-4)28(19)20(29)13-26-24(33)27-17-9-5-8-16(11-17)22(30)31/h5-12,19,21H,13-14H2,1-4H3,(H,30,31)(H2,26,27,33). The molecule has 0 bridgehead atoms. The summed E-state index contributed by atoms with van der Waals surface area (Å²) >= 11 is 1.42. The van der Waals surface area contributed by atoms with E-state index >= 15 is 0 Å².